The van der Waals surface area contributed by atoms with Crippen molar-refractivity contribution in [3.8, 4) is 11.5 Å². The molecule has 5 heteroatoms. The number of hydrogen-bond acceptors (Lipinski definition) is 5. The number of para-hydroxylation sites is 1. The zero-order valence-electron chi connectivity index (χ0n) is 13.3. The Morgan fingerprint density at radius 2 is 1.68 bits per heavy atom. The minimum Gasteiger partial charge on any atom is -0.504 e. The van der Waals surface area contributed by atoms with Gasteiger partial charge in [-0.3, -0.25) is 14.6 Å². The molecular formula is C17H22N2O3. The molecule has 4 bridgehead atoms. The summed E-state index contributed by atoms with van der Waals surface area (Å²) in [5.74, 6) is 1.12. The summed E-state index contributed by atoms with van der Waals surface area (Å²) in [6, 6.07) is 5.64. The standard InChI is InChI=1S/C17H22N2O3/c1-16-7-18-9-17(2,15(16)21)10-19(8-16)14(18)11-5-4-6-12(22-3)13(11)20/h4-6,14,20H,7-10H2,1-3H3. The predicted molar refractivity (Wildman–Crippen MR) is 81.8 cm³/mol. The number of piperidine rings is 2. The van der Waals surface area contributed by atoms with Gasteiger partial charge in [0.1, 0.15) is 5.78 Å². The number of Topliss-reactive ketones (excluding diaryl/α,β-unsaturated/α-hetero) is 1. The first kappa shape index (κ1) is 14.0. The molecule has 0 radical (unpaired) electrons. The van der Waals surface area contributed by atoms with Crippen LogP contribution in [0.2, 0.25) is 0 Å². The van der Waals surface area contributed by atoms with Crippen molar-refractivity contribution < 1.29 is 14.6 Å². The lowest BCUT2D eigenvalue weighted by molar-refractivity contribution is -0.197. The van der Waals surface area contributed by atoms with Gasteiger partial charge in [-0.1, -0.05) is 26.0 Å². The van der Waals surface area contributed by atoms with Gasteiger partial charge in [0.2, 0.25) is 0 Å². The topological polar surface area (TPSA) is 53.0 Å². The van der Waals surface area contributed by atoms with Gasteiger partial charge >= 0.3 is 0 Å². The summed E-state index contributed by atoms with van der Waals surface area (Å²) in [7, 11) is 1.57. The molecule has 0 saturated carbocycles. The molecule has 0 atom stereocenters. The second kappa shape index (κ2) is 4.24. The summed E-state index contributed by atoms with van der Waals surface area (Å²) in [6.45, 7) is 7.21. The van der Waals surface area contributed by atoms with Gasteiger partial charge in [0, 0.05) is 31.7 Å². The van der Waals surface area contributed by atoms with Gasteiger partial charge in [-0.05, 0) is 6.07 Å². The molecule has 5 rings (SSSR count). The Hall–Kier alpha value is -1.59. The number of rotatable bonds is 2. The zero-order chi connectivity index (χ0) is 15.7. The minimum atomic E-state index is -0.282. The van der Waals surface area contributed by atoms with Crippen LogP contribution in [0.1, 0.15) is 25.6 Å². The van der Waals surface area contributed by atoms with Crippen molar-refractivity contribution in [1.29, 1.82) is 0 Å². The molecular weight excluding hydrogens is 280 g/mol. The summed E-state index contributed by atoms with van der Waals surface area (Å²) >= 11 is 0. The van der Waals surface area contributed by atoms with E-state index in [4.69, 9.17) is 4.74 Å². The predicted octanol–water partition coefficient (Wildman–Crippen LogP) is 1.63. The fourth-order valence-corrected chi connectivity index (χ4v) is 4.90. The maximum Gasteiger partial charge on any atom is 0.163 e. The molecule has 0 spiro atoms. The second-order valence-corrected chi connectivity index (χ2v) is 7.53. The molecule has 0 unspecified atom stereocenters. The number of phenols is 1. The van der Waals surface area contributed by atoms with Crippen LogP contribution in [0.15, 0.2) is 18.2 Å². The highest BCUT2D eigenvalue weighted by Gasteiger charge is 2.62. The Morgan fingerprint density at radius 1 is 1.14 bits per heavy atom. The lowest BCUT2D eigenvalue weighted by Crippen LogP contribution is -2.75. The van der Waals surface area contributed by atoms with Crippen LogP contribution in [0.25, 0.3) is 0 Å². The number of hydrogen-bond donors (Lipinski definition) is 1. The van der Waals surface area contributed by atoms with E-state index >= 15 is 0 Å². The van der Waals surface area contributed by atoms with Crippen molar-refractivity contribution in [2.45, 2.75) is 20.0 Å². The molecule has 4 aliphatic heterocycles. The van der Waals surface area contributed by atoms with Crippen LogP contribution in [0, 0.1) is 10.8 Å². The Bertz CT molecular complexity index is 617. The maximum atomic E-state index is 12.7. The third kappa shape index (κ3) is 1.64. The third-order valence-corrected chi connectivity index (χ3v) is 5.52. The maximum absolute atomic E-state index is 12.7. The molecule has 1 aromatic rings. The molecule has 0 aromatic heterocycles. The highest BCUT2D eigenvalue weighted by atomic mass is 16.5. The summed E-state index contributed by atoms with van der Waals surface area (Å²) in [6.07, 6.45) is 0.0318. The first-order valence-corrected chi connectivity index (χ1v) is 7.77. The average molecular weight is 302 g/mol. The summed E-state index contributed by atoms with van der Waals surface area (Å²) in [4.78, 5) is 17.4. The summed E-state index contributed by atoms with van der Waals surface area (Å²) in [5, 5.41) is 10.5. The van der Waals surface area contributed by atoms with E-state index < -0.39 is 0 Å². The van der Waals surface area contributed by atoms with Crippen molar-refractivity contribution >= 4 is 5.78 Å². The quantitative estimate of drug-likeness (QED) is 0.900. The summed E-state index contributed by atoms with van der Waals surface area (Å²) < 4.78 is 5.24. The van der Waals surface area contributed by atoms with Crippen LogP contribution >= 0.6 is 0 Å². The van der Waals surface area contributed by atoms with Crippen LogP contribution in [-0.2, 0) is 4.79 Å². The monoisotopic (exact) mass is 302 g/mol. The molecule has 0 aliphatic carbocycles. The SMILES string of the molecule is COc1cccc(C2N3CC4(C)CN2CC(C)(C3)C4=O)c1O. The Morgan fingerprint density at radius 3 is 2.18 bits per heavy atom. The normalized spacial score (nSPS) is 42.7. The first-order valence-electron chi connectivity index (χ1n) is 7.77. The van der Waals surface area contributed by atoms with Crippen molar-refractivity contribution in [1.82, 2.24) is 9.80 Å². The van der Waals surface area contributed by atoms with Crippen LogP contribution in [0.4, 0.5) is 0 Å². The number of aromatic hydroxyl groups is 1. The number of ketones is 1. The van der Waals surface area contributed by atoms with E-state index in [1.54, 1.807) is 13.2 Å². The average Bonchev–Trinajstić information content (AvgIpc) is 2.45. The number of phenolic OH excluding ortho intramolecular Hbond substituents is 1. The molecule has 5 nitrogen and oxygen atoms in total. The van der Waals surface area contributed by atoms with Gasteiger partial charge < -0.3 is 9.84 Å². The largest absolute Gasteiger partial charge is 0.504 e. The number of benzene rings is 1. The van der Waals surface area contributed by atoms with Crippen LogP contribution in [0.3, 0.4) is 0 Å². The van der Waals surface area contributed by atoms with E-state index in [0.29, 0.717) is 11.5 Å². The molecule has 4 aliphatic rings. The van der Waals surface area contributed by atoms with Gasteiger partial charge in [0.25, 0.3) is 0 Å². The van der Waals surface area contributed by atoms with E-state index in [2.05, 4.69) is 23.6 Å². The minimum absolute atomic E-state index is 0.0318. The second-order valence-electron chi connectivity index (χ2n) is 7.53. The van der Waals surface area contributed by atoms with Crippen molar-refractivity contribution in [2.24, 2.45) is 10.8 Å². The molecule has 1 aromatic carbocycles. The van der Waals surface area contributed by atoms with Gasteiger partial charge in [0.05, 0.1) is 24.1 Å². The van der Waals surface area contributed by atoms with Crippen molar-refractivity contribution in [3.05, 3.63) is 23.8 Å². The lowest BCUT2D eigenvalue weighted by atomic mass is 9.62. The summed E-state index contributed by atoms with van der Waals surface area (Å²) in [5.41, 5.74) is 0.310. The molecule has 22 heavy (non-hydrogen) atoms. The van der Waals surface area contributed by atoms with Gasteiger partial charge in [-0.2, -0.15) is 0 Å². The van der Waals surface area contributed by atoms with Crippen molar-refractivity contribution in [2.75, 3.05) is 33.3 Å². The van der Waals surface area contributed by atoms with E-state index in [9.17, 15) is 9.90 Å². The first-order chi connectivity index (χ1) is 10.4. The molecule has 0 amide bonds. The van der Waals surface area contributed by atoms with Crippen molar-refractivity contribution in [3.63, 3.8) is 0 Å². The number of ether oxygens (including phenoxy) is 1. The van der Waals surface area contributed by atoms with E-state index in [1.807, 2.05) is 12.1 Å². The fraction of sp³-hybridized carbons (Fsp3) is 0.588. The van der Waals surface area contributed by atoms with Crippen LogP contribution < -0.4 is 4.74 Å². The fourth-order valence-electron chi connectivity index (χ4n) is 4.90. The zero-order valence-corrected chi connectivity index (χ0v) is 13.3. The number of nitrogens with zero attached hydrogens (tertiary/aromatic N) is 2. The Balaban J connectivity index is 1.77. The van der Waals surface area contributed by atoms with Crippen LogP contribution in [-0.4, -0.2) is 54.0 Å². The van der Waals surface area contributed by atoms with Crippen LogP contribution in [0.5, 0.6) is 11.5 Å². The van der Waals surface area contributed by atoms with E-state index in [1.165, 1.54) is 0 Å². The molecule has 4 saturated heterocycles. The van der Waals surface area contributed by atoms with E-state index in [0.717, 1.165) is 31.7 Å². The number of carbonyl (C=O) groups is 1. The molecule has 4 heterocycles. The number of carbonyl (C=O) groups excluding carboxylic acids is 1. The highest BCUT2D eigenvalue weighted by Crippen LogP contribution is 2.53. The molecule has 118 valence electrons. The Kier molecular flexibility index (Phi) is 2.70. The number of methoxy groups -OCH3 is 1. The highest BCUT2D eigenvalue weighted by molar-refractivity contribution is 5.92. The smallest absolute Gasteiger partial charge is 0.163 e. The van der Waals surface area contributed by atoms with Gasteiger partial charge in [0.15, 0.2) is 11.5 Å². The molecule has 1 N–H and O–H groups in total. The van der Waals surface area contributed by atoms with E-state index in [-0.39, 0.29) is 22.7 Å². The molecule has 4 fully saturated rings. The third-order valence-electron chi connectivity index (χ3n) is 5.52. The van der Waals surface area contributed by atoms with Gasteiger partial charge in [-0.25, -0.2) is 0 Å². The Labute approximate surface area is 130 Å². The van der Waals surface area contributed by atoms with Gasteiger partial charge in [-0.15, -0.1) is 0 Å². The lowest BCUT2D eigenvalue weighted by Gasteiger charge is -2.64.